The number of aliphatic carboxylic acids is 1. The zero-order valence-corrected chi connectivity index (χ0v) is 13.6. The molecule has 1 amide bonds. The van der Waals surface area contributed by atoms with Crippen molar-refractivity contribution in [3.63, 3.8) is 0 Å². The molecule has 8 heteroatoms. The maximum atomic E-state index is 12.2. The molecule has 0 spiro atoms. The molecular formula is C15H21N5O3. The van der Waals surface area contributed by atoms with Gasteiger partial charge < -0.3 is 10.4 Å². The molecule has 0 fully saturated rings. The van der Waals surface area contributed by atoms with Crippen molar-refractivity contribution in [1.29, 1.82) is 0 Å². The van der Waals surface area contributed by atoms with Crippen molar-refractivity contribution in [2.75, 3.05) is 5.32 Å². The Kier molecular flexibility index (Phi) is 4.53. The molecule has 2 heterocycles. The Bertz CT molecular complexity index is 714. The fourth-order valence-corrected chi connectivity index (χ4v) is 1.95. The van der Waals surface area contributed by atoms with Crippen LogP contribution < -0.4 is 5.32 Å². The van der Waals surface area contributed by atoms with Crippen LogP contribution in [0.2, 0.25) is 0 Å². The van der Waals surface area contributed by atoms with Crippen LogP contribution >= 0.6 is 0 Å². The first-order valence-electron chi connectivity index (χ1n) is 7.32. The van der Waals surface area contributed by atoms with E-state index >= 15 is 0 Å². The second kappa shape index (κ2) is 6.23. The van der Waals surface area contributed by atoms with Gasteiger partial charge in [0.15, 0.2) is 5.54 Å². The molecule has 23 heavy (non-hydrogen) atoms. The van der Waals surface area contributed by atoms with E-state index < -0.39 is 11.5 Å². The highest BCUT2D eigenvalue weighted by molar-refractivity contribution is 6.03. The van der Waals surface area contributed by atoms with E-state index in [1.54, 1.807) is 10.9 Å². The highest BCUT2D eigenvalue weighted by Crippen LogP contribution is 2.17. The van der Waals surface area contributed by atoms with Gasteiger partial charge in [0, 0.05) is 18.9 Å². The number of carboxylic acid groups (broad SMARTS) is 1. The minimum absolute atomic E-state index is 0.312. The summed E-state index contributed by atoms with van der Waals surface area (Å²) in [5.74, 6) is -0.886. The van der Waals surface area contributed by atoms with Crippen molar-refractivity contribution in [1.82, 2.24) is 19.6 Å². The van der Waals surface area contributed by atoms with Crippen LogP contribution in [0.5, 0.6) is 0 Å². The molecule has 2 N–H and O–H groups in total. The van der Waals surface area contributed by atoms with E-state index in [9.17, 15) is 14.7 Å². The van der Waals surface area contributed by atoms with Gasteiger partial charge in [0.25, 0.3) is 5.91 Å². The summed E-state index contributed by atoms with van der Waals surface area (Å²) in [6.07, 6.45) is 6.09. The van der Waals surface area contributed by atoms with Gasteiger partial charge in [-0.3, -0.25) is 14.2 Å². The van der Waals surface area contributed by atoms with Gasteiger partial charge in [-0.1, -0.05) is 13.8 Å². The van der Waals surface area contributed by atoms with E-state index in [4.69, 9.17) is 0 Å². The van der Waals surface area contributed by atoms with E-state index in [-0.39, 0.29) is 5.91 Å². The second-order valence-electron chi connectivity index (χ2n) is 6.34. The van der Waals surface area contributed by atoms with E-state index in [1.807, 2.05) is 0 Å². The molecule has 0 aromatic carbocycles. The molecule has 0 saturated carbocycles. The van der Waals surface area contributed by atoms with Crippen LogP contribution in [-0.4, -0.2) is 36.5 Å². The molecule has 0 radical (unpaired) electrons. The number of hydrogen-bond donors (Lipinski definition) is 2. The lowest BCUT2D eigenvalue weighted by Crippen LogP contribution is -2.35. The summed E-state index contributed by atoms with van der Waals surface area (Å²) < 4.78 is 3.02. The monoisotopic (exact) mass is 319 g/mol. The summed E-state index contributed by atoms with van der Waals surface area (Å²) in [5.41, 5.74) is -0.317. The number of aromatic nitrogens is 4. The fourth-order valence-electron chi connectivity index (χ4n) is 1.95. The first-order chi connectivity index (χ1) is 10.7. The third-order valence-electron chi connectivity index (χ3n) is 3.38. The van der Waals surface area contributed by atoms with E-state index in [0.29, 0.717) is 17.2 Å². The molecule has 0 aliphatic carbocycles. The SMILES string of the molecule is CC(C)Cn1cc(C(=O)Nc2cnn(C(C)(C)C(=O)O)c2)cn1. The van der Waals surface area contributed by atoms with Crippen molar-refractivity contribution >= 4 is 17.6 Å². The number of nitrogens with one attached hydrogen (secondary N) is 1. The first kappa shape index (κ1) is 16.7. The molecule has 0 aliphatic heterocycles. The molecule has 0 aliphatic rings. The highest BCUT2D eigenvalue weighted by atomic mass is 16.4. The lowest BCUT2D eigenvalue weighted by molar-refractivity contribution is -0.146. The summed E-state index contributed by atoms with van der Waals surface area (Å²) in [4.78, 5) is 23.4. The number of hydrogen-bond acceptors (Lipinski definition) is 4. The molecule has 2 aromatic rings. The number of nitrogens with zero attached hydrogens (tertiary/aromatic N) is 4. The average Bonchev–Trinajstić information content (AvgIpc) is 3.07. The largest absolute Gasteiger partial charge is 0.479 e. The molecular weight excluding hydrogens is 298 g/mol. The third kappa shape index (κ3) is 3.77. The van der Waals surface area contributed by atoms with Gasteiger partial charge in [-0.05, 0) is 19.8 Å². The van der Waals surface area contributed by atoms with Crippen molar-refractivity contribution in [3.8, 4) is 0 Å². The van der Waals surface area contributed by atoms with Crippen molar-refractivity contribution in [3.05, 3.63) is 30.4 Å². The maximum Gasteiger partial charge on any atom is 0.331 e. The normalized spacial score (nSPS) is 11.7. The van der Waals surface area contributed by atoms with Crippen LogP contribution in [0.15, 0.2) is 24.8 Å². The Morgan fingerprint density at radius 1 is 1.26 bits per heavy atom. The Morgan fingerprint density at radius 2 is 1.96 bits per heavy atom. The molecule has 0 bridgehead atoms. The number of amides is 1. The lowest BCUT2D eigenvalue weighted by atomic mass is 10.1. The zero-order valence-electron chi connectivity index (χ0n) is 13.6. The van der Waals surface area contributed by atoms with Gasteiger partial charge in [-0.25, -0.2) is 4.79 Å². The Labute approximate surface area is 134 Å². The lowest BCUT2D eigenvalue weighted by Gasteiger charge is -2.19. The van der Waals surface area contributed by atoms with Gasteiger partial charge in [-0.2, -0.15) is 10.2 Å². The maximum absolute atomic E-state index is 12.2. The Hall–Kier alpha value is -2.64. The smallest absolute Gasteiger partial charge is 0.331 e. The first-order valence-corrected chi connectivity index (χ1v) is 7.32. The number of rotatable bonds is 6. The minimum atomic E-state index is -1.19. The molecule has 2 rings (SSSR count). The molecule has 0 unspecified atom stereocenters. The molecule has 0 atom stereocenters. The van der Waals surface area contributed by atoms with Gasteiger partial charge >= 0.3 is 5.97 Å². The summed E-state index contributed by atoms with van der Waals surface area (Å²) in [5, 5.41) is 20.0. The van der Waals surface area contributed by atoms with Crippen LogP contribution in [0.3, 0.4) is 0 Å². The summed E-state index contributed by atoms with van der Waals surface area (Å²) >= 11 is 0. The Morgan fingerprint density at radius 3 is 2.57 bits per heavy atom. The molecule has 2 aromatic heterocycles. The average molecular weight is 319 g/mol. The summed E-state index contributed by atoms with van der Waals surface area (Å²) in [7, 11) is 0. The Balaban J connectivity index is 2.08. The molecule has 124 valence electrons. The zero-order chi connectivity index (χ0) is 17.2. The predicted molar refractivity (Wildman–Crippen MR) is 84.2 cm³/mol. The van der Waals surface area contributed by atoms with Crippen molar-refractivity contribution < 1.29 is 14.7 Å². The van der Waals surface area contributed by atoms with Crippen LogP contribution in [0, 0.1) is 5.92 Å². The van der Waals surface area contributed by atoms with Gasteiger partial charge in [-0.15, -0.1) is 0 Å². The quantitative estimate of drug-likeness (QED) is 0.845. The van der Waals surface area contributed by atoms with Crippen LogP contribution in [-0.2, 0) is 16.9 Å². The summed E-state index contributed by atoms with van der Waals surface area (Å²) in [6.45, 7) is 7.94. The topological polar surface area (TPSA) is 102 Å². The van der Waals surface area contributed by atoms with E-state index in [2.05, 4.69) is 29.4 Å². The number of carbonyl (C=O) groups is 2. The van der Waals surface area contributed by atoms with Crippen molar-refractivity contribution in [2.45, 2.75) is 39.8 Å². The predicted octanol–water partition coefficient (Wildman–Crippen LogP) is 1.81. The van der Waals surface area contributed by atoms with Crippen LogP contribution in [0.25, 0.3) is 0 Å². The van der Waals surface area contributed by atoms with E-state index in [0.717, 1.165) is 6.54 Å². The van der Waals surface area contributed by atoms with Gasteiger partial charge in [0.2, 0.25) is 0 Å². The number of carboxylic acids is 1. The molecule has 0 saturated heterocycles. The minimum Gasteiger partial charge on any atom is -0.479 e. The van der Waals surface area contributed by atoms with Gasteiger partial charge in [0.05, 0.1) is 23.6 Å². The number of anilines is 1. The van der Waals surface area contributed by atoms with Crippen molar-refractivity contribution in [2.24, 2.45) is 5.92 Å². The van der Waals surface area contributed by atoms with Crippen LogP contribution in [0.1, 0.15) is 38.1 Å². The van der Waals surface area contributed by atoms with Crippen LogP contribution in [0.4, 0.5) is 5.69 Å². The highest BCUT2D eigenvalue weighted by Gasteiger charge is 2.30. The standard InChI is InChI=1S/C15H21N5O3/c1-10(2)7-19-8-11(5-16-19)13(21)18-12-6-17-20(9-12)15(3,4)14(22)23/h5-6,8-10H,7H2,1-4H3,(H,18,21)(H,22,23). The van der Waals surface area contributed by atoms with Gasteiger partial charge in [0.1, 0.15) is 0 Å². The van der Waals surface area contributed by atoms with E-state index in [1.165, 1.54) is 37.1 Å². The molecule has 8 nitrogen and oxygen atoms in total. The third-order valence-corrected chi connectivity index (χ3v) is 3.38. The number of carbonyl (C=O) groups excluding carboxylic acids is 1. The fraction of sp³-hybridized carbons (Fsp3) is 0.467. The second-order valence-corrected chi connectivity index (χ2v) is 6.34. The summed E-state index contributed by atoms with van der Waals surface area (Å²) in [6, 6.07) is 0.